The summed E-state index contributed by atoms with van der Waals surface area (Å²) in [5.41, 5.74) is 1.55. The highest BCUT2D eigenvalue weighted by atomic mass is 16.4. The third-order valence-corrected chi connectivity index (χ3v) is 2.28. The third kappa shape index (κ3) is 1.67. The normalized spacial score (nSPS) is 10.6. The summed E-state index contributed by atoms with van der Waals surface area (Å²) >= 11 is 0. The average molecular weight is 218 g/mol. The fourth-order valence-corrected chi connectivity index (χ4v) is 1.67. The lowest BCUT2D eigenvalue weighted by molar-refractivity contribution is -0.135. The molecule has 0 aliphatic carbocycles. The topological polar surface area (TPSA) is 71.7 Å². The monoisotopic (exact) mass is 218 g/mol. The van der Waals surface area contributed by atoms with Gasteiger partial charge < -0.3 is 5.11 Å². The predicted octanol–water partition coefficient (Wildman–Crippen LogP) is 1.30. The second-order valence-electron chi connectivity index (χ2n) is 3.47. The van der Waals surface area contributed by atoms with Gasteiger partial charge in [0, 0.05) is 6.20 Å². The molecule has 0 amide bonds. The van der Waals surface area contributed by atoms with Crippen LogP contribution in [0.2, 0.25) is 0 Å². The number of nitrogens with zero attached hydrogens (tertiary/aromatic N) is 2. The van der Waals surface area contributed by atoms with Gasteiger partial charge in [-0.25, -0.2) is 4.98 Å². The maximum Gasteiger partial charge on any atom is 0.311 e. The molecule has 0 spiro atoms. The minimum absolute atomic E-state index is 0.345. The Hall–Kier alpha value is -2.17. The Bertz CT molecular complexity index is 572. The summed E-state index contributed by atoms with van der Waals surface area (Å²) in [5.74, 6) is -1.56. The summed E-state index contributed by atoms with van der Waals surface area (Å²) in [6, 6.07) is 5.35. The summed E-state index contributed by atoms with van der Waals surface area (Å²) < 4.78 is 1.61. The van der Waals surface area contributed by atoms with Gasteiger partial charge in [0.05, 0.1) is 5.69 Å². The van der Waals surface area contributed by atoms with Crippen molar-refractivity contribution in [3.63, 3.8) is 0 Å². The molecule has 16 heavy (non-hydrogen) atoms. The fourth-order valence-electron chi connectivity index (χ4n) is 1.67. The molecule has 0 unspecified atom stereocenters. The molecule has 5 nitrogen and oxygen atoms in total. The Balaban J connectivity index is 2.55. The van der Waals surface area contributed by atoms with Crippen LogP contribution in [-0.4, -0.2) is 26.2 Å². The smallest absolute Gasteiger partial charge is 0.311 e. The number of aliphatic carboxylic acids is 1. The zero-order valence-corrected chi connectivity index (χ0v) is 8.67. The first-order chi connectivity index (χ1) is 7.59. The SMILES string of the molecule is Cc1nc2ccccn2c1C(=O)CC(=O)O. The van der Waals surface area contributed by atoms with E-state index in [1.54, 1.807) is 29.7 Å². The van der Waals surface area contributed by atoms with Crippen molar-refractivity contribution in [3.05, 3.63) is 35.8 Å². The van der Waals surface area contributed by atoms with Crippen LogP contribution in [0.1, 0.15) is 22.6 Å². The van der Waals surface area contributed by atoms with E-state index >= 15 is 0 Å². The van der Waals surface area contributed by atoms with Gasteiger partial charge in [0.1, 0.15) is 17.8 Å². The van der Waals surface area contributed by atoms with Crippen molar-refractivity contribution in [1.29, 1.82) is 0 Å². The van der Waals surface area contributed by atoms with Crippen LogP contribution in [0.5, 0.6) is 0 Å². The molecule has 5 heteroatoms. The number of ketones is 1. The number of fused-ring (bicyclic) bond motifs is 1. The molecule has 0 fully saturated rings. The van der Waals surface area contributed by atoms with Crippen molar-refractivity contribution in [3.8, 4) is 0 Å². The Morgan fingerprint density at radius 2 is 2.19 bits per heavy atom. The van der Waals surface area contributed by atoms with Crippen LogP contribution >= 0.6 is 0 Å². The Kier molecular flexibility index (Phi) is 2.44. The number of pyridine rings is 1. The number of imidazole rings is 1. The second-order valence-corrected chi connectivity index (χ2v) is 3.47. The van der Waals surface area contributed by atoms with E-state index in [0.717, 1.165) is 0 Å². The van der Waals surface area contributed by atoms with Gasteiger partial charge >= 0.3 is 5.97 Å². The van der Waals surface area contributed by atoms with E-state index in [1.807, 2.05) is 6.07 Å². The van der Waals surface area contributed by atoms with Gasteiger partial charge in [0.2, 0.25) is 0 Å². The minimum Gasteiger partial charge on any atom is -0.481 e. The standard InChI is InChI=1S/C11H10N2O3/c1-7-11(8(14)6-10(15)16)13-5-3-2-4-9(13)12-7/h2-5H,6H2,1H3,(H,15,16). The van der Waals surface area contributed by atoms with Gasteiger partial charge in [-0.1, -0.05) is 6.07 Å². The maximum absolute atomic E-state index is 11.7. The first kappa shape index (κ1) is 10.4. The van der Waals surface area contributed by atoms with E-state index < -0.39 is 18.2 Å². The summed E-state index contributed by atoms with van der Waals surface area (Å²) in [6.45, 7) is 1.70. The van der Waals surface area contributed by atoms with Gasteiger partial charge in [-0.15, -0.1) is 0 Å². The molecular formula is C11H10N2O3. The summed E-state index contributed by atoms with van der Waals surface area (Å²) in [6.07, 6.45) is 1.19. The summed E-state index contributed by atoms with van der Waals surface area (Å²) in [4.78, 5) is 26.4. The molecule has 0 aromatic carbocycles. The quantitative estimate of drug-likeness (QED) is 0.622. The van der Waals surface area contributed by atoms with Gasteiger partial charge in [-0.05, 0) is 19.1 Å². The number of rotatable bonds is 3. The average Bonchev–Trinajstić information content (AvgIpc) is 2.52. The van der Waals surface area contributed by atoms with Crippen LogP contribution in [-0.2, 0) is 4.79 Å². The van der Waals surface area contributed by atoms with Crippen molar-refractivity contribution >= 4 is 17.4 Å². The van der Waals surface area contributed by atoms with E-state index in [-0.39, 0.29) is 0 Å². The van der Waals surface area contributed by atoms with E-state index in [2.05, 4.69) is 4.98 Å². The molecule has 0 aliphatic heterocycles. The second kappa shape index (κ2) is 3.77. The number of Topliss-reactive ketones (excluding diaryl/α,β-unsaturated/α-hetero) is 1. The van der Waals surface area contributed by atoms with Crippen LogP contribution in [0.4, 0.5) is 0 Å². The molecule has 82 valence electrons. The highest BCUT2D eigenvalue weighted by Gasteiger charge is 2.18. The molecule has 0 bridgehead atoms. The van der Waals surface area contributed by atoms with E-state index in [1.165, 1.54) is 0 Å². The third-order valence-electron chi connectivity index (χ3n) is 2.28. The number of carbonyl (C=O) groups excluding carboxylic acids is 1. The van der Waals surface area contributed by atoms with E-state index in [9.17, 15) is 9.59 Å². The minimum atomic E-state index is -1.13. The highest BCUT2D eigenvalue weighted by molar-refractivity contribution is 6.05. The van der Waals surface area contributed by atoms with Crippen molar-refractivity contribution in [2.45, 2.75) is 13.3 Å². The van der Waals surface area contributed by atoms with Gasteiger partial charge in [0.15, 0.2) is 5.78 Å². The molecule has 2 aromatic rings. The molecule has 0 atom stereocenters. The lowest BCUT2D eigenvalue weighted by atomic mass is 10.2. The summed E-state index contributed by atoms with van der Waals surface area (Å²) in [5, 5.41) is 8.60. The number of hydrogen-bond donors (Lipinski definition) is 1. The highest BCUT2D eigenvalue weighted by Crippen LogP contribution is 2.13. The zero-order chi connectivity index (χ0) is 11.7. The first-order valence-electron chi connectivity index (χ1n) is 4.78. The predicted molar refractivity (Wildman–Crippen MR) is 56.5 cm³/mol. The van der Waals surface area contributed by atoms with Crippen molar-refractivity contribution in [2.24, 2.45) is 0 Å². The Labute approximate surface area is 91.3 Å². The van der Waals surface area contributed by atoms with E-state index in [0.29, 0.717) is 17.0 Å². The maximum atomic E-state index is 11.7. The van der Waals surface area contributed by atoms with Crippen molar-refractivity contribution in [2.75, 3.05) is 0 Å². The molecule has 2 rings (SSSR count). The molecule has 2 heterocycles. The molecule has 0 aliphatic rings. The fraction of sp³-hybridized carbons (Fsp3) is 0.182. The van der Waals surface area contributed by atoms with Crippen LogP contribution < -0.4 is 0 Å². The number of hydrogen-bond acceptors (Lipinski definition) is 3. The molecular weight excluding hydrogens is 208 g/mol. The van der Waals surface area contributed by atoms with Crippen molar-refractivity contribution in [1.82, 2.24) is 9.38 Å². The Morgan fingerprint density at radius 3 is 2.88 bits per heavy atom. The van der Waals surface area contributed by atoms with E-state index in [4.69, 9.17) is 5.11 Å². The van der Waals surface area contributed by atoms with Gasteiger partial charge in [-0.2, -0.15) is 0 Å². The molecule has 0 saturated heterocycles. The van der Waals surface area contributed by atoms with Gasteiger partial charge in [-0.3, -0.25) is 14.0 Å². The van der Waals surface area contributed by atoms with Crippen LogP contribution in [0.3, 0.4) is 0 Å². The van der Waals surface area contributed by atoms with Crippen molar-refractivity contribution < 1.29 is 14.7 Å². The Morgan fingerprint density at radius 1 is 1.44 bits per heavy atom. The molecule has 1 N–H and O–H groups in total. The molecule has 0 radical (unpaired) electrons. The number of carboxylic acid groups (broad SMARTS) is 1. The summed E-state index contributed by atoms with van der Waals surface area (Å²) in [7, 11) is 0. The first-order valence-corrected chi connectivity index (χ1v) is 4.78. The van der Waals surface area contributed by atoms with Crippen LogP contribution in [0.15, 0.2) is 24.4 Å². The lowest BCUT2D eigenvalue weighted by Gasteiger charge is -1.99. The number of aromatic nitrogens is 2. The molecule has 2 aromatic heterocycles. The van der Waals surface area contributed by atoms with Crippen LogP contribution in [0, 0.1) is 6.92 Å². The molecule has 0 saturated carbocycles. The lowest BCUT2D eigenvalue weighted by Crippen LogP contribution is -2.10. The zero-order valence-electron chi connectivity index (χ0n) is 8.67. The largest absolute Gasteiger partial charge is 0.481 e. The number of carboxylic acids is 1. The number of aryl methyl sites for hydroxylation is 1. The van der Waals surface area contributed by atoms with Crippen LogP contribution in [0.25, 0.3) is 5.65 Å². The number of carbonyl (C=O) groups is 2. The van der Waals surface area contributed by atoms with Gasteiger partial charge in [0.25, 0.3) is 0 Å².